The van der Waals surface area contributed by atoms with Crippen LogP contribution in [-0.4, -0.2) is 47.3 Å². The van der Waals surface area contributed by atoms with Crippen LogP contribution in [0.5, 0.6) is 0 Å². The minimum absolute atomic E-state index is 0.0539. The molecular formula is C26H28N4O6. The van der Waals surface area contributed by atoms with E-state index in [9.17, 15) is 19.2 Å². The molecule has 2 aromatic carbocycles. The number of methoxy groups -OCH3 is 1. The minimum atomic E-state index is -1.59. The third kappa shape index (κ3) is 4.80. The van der Waals surface area contributed by atoms with E-state index < -0.39 is 28.7 Å². The highest BCUT2D eigenvalue weighted by Crippen LogP contribution is 2.32. The SMILES string of the molecule is COCCCN(C(=O)[C@@]1(C)Cc2ccccc2C(=O)O1)c1c(N)n(Cc2ccccc2)c(=O)[nH]c1=O. The van der Waals surface area contributed by atoms with E-state index in [1.54, 1.807) is 24.3 Å². The molecule has 188 valence electrons. The van der Waals surface area contributed by atoms with Gasteiger partial charge in [0.25, 0.3) is 11.5 Å². The maximum absolute atomic E-state index is 13.9. The molecule has 10 nitrogen and oxygen atoms in total. The van der Waals surface area contributed by atoms with Crippen molar-refractivity contribution in [1.29, 1.82) is 0 Å². The van der Waals surface area contributed by atoms with Crippen LogP contribution in [0.1, 0.15) is 34.8 Å². The highest BCUT2D eigenvalue weighted by molar-refractivity contribution is 6.04. The van der Waals surface area contributed by atoms with Crippen LogP contribution in [-0.2, 0) is 27.2 Å². The van der Waals surface area contributed by atoms with Crippen LogP contribution in [0, 0.1) is 0 Å². The number of cyclic esters (lactones) is 1. The Morgan fingerprint density at radius 3 is 2.56 bits per heavy atom. The first-order valence-corrected chi connectivity index (χ1v) is 11.5. The number of aromatic amines is 1. The lowest BCUT2D eigenvalue weighted by Crippen LogP contribution is -2.55. The van der Waals surface area contributed by atoms with Gasteiger partial charge < -0.3 is 20.1 Å². The summed E-state index contributed by atoms with van der Waals surface area (Å²) in [4.78, 5) is 55.8. The Bertz CT molecular complexity index is 1400. The second kappa shape index (κ2) is 10.2. The van der Waals surface area contributed by atoms with Crippen LogP contribution in [0.15, 0.2) is 64.2 Å². The van der Waals surface area contributed by atoms with E-state index in [2.05, 4.69) is 4.98 Å². The van der Waals surface area contributed by atoms with E-state index in [4.69, 9.17) is 15.2 Å². The molecule has 1 atom stereocenters. The van der Waals surface area contributed by atoms with E-state index in [1.165, 1.54) is 23.5 Å². The number of hydrogen-bond acceptors (Lipinski definition) is 7. The lowest BCUT2D eigenvalue weighted by molar-refractivity contribution is -0.137. The molecule has 0 radical (unpaired) electrons. The number of H-pyrrole nitrogens is 1. The van der Waals surface area contributed by atoms with Crippen molar-refractivity contribution < 1.29 is 19.1 Å². The first-order chi connectivity index (χ1) is 17.2. The number of anilines is 2. The predicted octanol–water partition coefficient (Wildman–Crippen LogP) is 1.71. The maximum atomic E-state index is 13.9. The van der Waals surface area contributed by atoms with Crippen LogP contribution >= 0.6 is 0 Å². The summed E-state index contributed by atoms with van der Waals surface area (Å²) in [6.45, 7) is 1.97. The Morgan fingerprint density at radius 1 is 1.14 bits per heavy atom. The number of nitrogens with one attached hydrogen (secondary N) is 1. The second-order valence-corrected chi connectivity index (χ2v) is 8.82. The first-order valence-electron chi connectivity index (χ1n) is 11.5. The zero-order valence-electron chi connectivity index (χ0n) is 20.2. The Labute approximate surface area is 207 Å². The molecule has 10 heteroatoms. The van der Waals surface area contributed by atoms with E-state index in [0.717, 1.165) is 5.56 Å². The number of fused-ring (bicyclic) bond motifs is 1. The molecule has 3 aromatic rings. The number of carbonyl (C=O) groups excluding carboxylic acids is 2. The summed E-state index contributed by atoms with van der Waals surface area (Å²) < 4.78 is 11.9. The number of nitrogen functional groups attached to an aromatic ring is 1. The van der Waals surface area contributed by atoms with Gasteiger partial charge in [-0.2, -0.15) is 0 Å². The number of esters is 1. The zero-order chi connectivity index (χ0) is 25.9. The quantitative estimate of drug-likeness (QED) is 0.361. The molecule has 1 amide bonds. The summed E-state index contributed by atoms with van der Waals surface area (Å²) in [5.41, 5.74) is 4.94. The van der Waals surface area contributed by atoms with Crippen molar-refractivity contribution in [2.45, 2.75) is 31.9 Å². The molecular weight excluding hydrogens is 464 g/mol. The summed E-state index contributed by atoms with van der Waals surface area (Å²) in [5.74, 6) is -1.41. The van der Waals surface area contributed by atoms with Gasteiger partial charge in [0.2, 0.25) is 0 Å². The van der Waals surface area contributed by atoms with Gasteiger partial charge in [0, 0.05) is 26.7 Å². The van der Waals surface area contributed by atoms with Gasteiger partial charge in [-0.05, 0) is 30.5 Å². The molecule has 1 aromatic heterocycles. The molecule has 4 rings (SSSR count). The van der Waals surface area contributed by atoms with Crippen LogP contribution in [0.2, 0.25) is 0 Å². The lowest BCUT2D eigenvalue weighted by atomic mass is 9.88. The monoisotopic (exact) mass is 492 g/mol. The van der Waals surface area contributed by atoms with Crippen molar-refractivity contribution in [1.82, 2.24) is 9.55 Å². The predicted molar refractivity (Wildman–Crippen MR) is 134 cm³/mol. The van der Waals surface area contributed by atoms with Crippen molar-refractivity contribution in [2.75, 3.05) is 30.9 Å². The fraction of sp³-hybridized carbons (Fsp3) is 0.308. The van der Waals surface area contributed by atoms with E-state index in [1.807, 2.05) is 30.3 Å². The van der Waals surface area contributed by atoms with Crippen molar-refractivity contribution >= 4 is 23.4 Å². The van der Waals surface area contributed by atoms with Gasteiger partial charge in [-0.3, -0.25) is 19.1 Å². The molecule has 0 saturated heterocycles. The fourth-order valence-electron chi connectivity index (χ4n) is 4.38. The molecule has 3 N–H and O–H groups in total. The number of nitrogens with two attached hydrogens (primary N) is 1. The number of carbonyl (C=O) groups is 2. The minimum Gasteiger partial charge on any atom is -0.445 e. The van der Waals surface area contributed by atoms with Gasteiger partial charge in [0.1, 0.15) is 5.82 Å². The van der Waals surface area contributed by atoms with Crippen LogP contribution in [0.4, 0.5) is 11.5 Å². The molecule has 36 heavy (non-hydrogen) atoms. The molecule has 1 aliphatic rings. The molecule has 1 aliphatic heterocycles. The van der Waals surface area contributed by atoms with Crippen LogP contribution in [0.25, 0.3) is 0 Å². The standard InChI is InChI=1S/C26H28N4O6/c1-26(15-18-11-6-7-12-19(18)23(32)36-26)24(33)29(13-8-14-35-2)20-21(27)30(25(34)28-22(20)31)16-17-9-4-3-5-10-17/h3-7,9-12H,8,13-16,27H2,1-2H3,(H,28,31,34)/t26-/m1/s1. The molecule has 0 spiro atoms. The smallest absolute Gasteiger partial charge is 0.339 e. The number of ether oxygens (including phenoxy) is 2. The number of rotatable bonds is 8. The van der Waals surface area contributed by atoms with Crippen molar-refractivity contribution in [3.63, 3.8) is 0 Å². The number of nitrogens with zero attached hydrogens (tertiary/aromatic N) is 2. The Balaban J connectivity index is 1.78. The fourth-order valence-corrected chi connectivity index (χ4v) is 4.38. The number of aromatic nitrogens is 2. The zero-order valence-corrected chi connectivity index (χ0v) is 20.2. The summed E-state index contributed by atoms with van der Waals surface area (Å²) in [7, 11) is 1.52. The summed E-state index contributed by atoms with van der Waals surface area (Å²) in [5, 5.41) is 0. The van der Waals surface area contributed by atoms with E-state index in [0.29, 0.717) is 24.2 Å². The number of hydrogen-bond donors (Lipinski definition) is 2. The summed E-state index contributed by atoms with van der Waals surface area (Å²) in [6, 6.07) is 16.0. The normalized spacial score (nSPS) is 16.8. The van der Waals surface area contributed by atoms with Crippen LogP contribution < -0.4 is 21.9 Å². The van der Waals surface area contributed by atoms with Gasteiger partial charge in [-0.15, -0.1) is 0 Å². The maximum Gasteiger partial charge on any atom is 0.339 e. The van der Waals surface area contributed by atoms with Crippen molar-refractivity contribution in [3.8, 4) is 0 Å². The van der Waals surface area contributed by atoms with E-state index in [-0.39, 0.29) is 31.0 Å². The van der Waals surface area contributed by atoms with E-state index >= 15 is 0 Å². The van der Waals surface area contributed by atoms with Gasteiger partial charge in [0.15, 0.2) is 11.3 Å². The second-order valence-electron chi connectivity index (χ2n) is 8.82. The Kier molecular flexibility index (Phi) is 7.07. The molecule has 0 unspecified atom stereocenters. The molecule has 0 aliphatic carbocycles. The molecule has 0 saturated carbocycles. The Hall–Kier alpha value is -4.18. The summed E-state index contributed by atoms with van der Waals surface area (Å²) in [6.07, 6.45) is 0.496. The van der Waals surface area contributed by atoms with Crippen molar-refractivity contribution in [2.24, 2.45) is 0 Å². The average Bonchev–Trinajstić information content (AvgIpc) is 2.85. The van der Waals surface area contributed by atoms with Gasteiger partial charge in [-0.1, -0.05) is 48.5 Å². The largest absolute Gasteiger partial charge is 0.445 e. The van der Waals surface area contributed by atoms with Gasteiger partial charge in [-0.25, -0.2) is 9.59 Å². The molecule has 2 heterocycles. The topological polar surface area (TPSA) is 137 Å². The lowest BCUT2D eigenvalue weighted by Gasteiger charge is -2.37. The molecule has 0 fully saturated rings. The van der Waals surface area contributed by atoms with Gasteiger partial charge in [0.05, 0.1) is 12.1 Å². The number of amides is 1. The molecule has 0 bridgehead atoms. The summed E-state index contributed by atoms with van der Waals surface area (Å²) >= 11 is 0. The number of benzene rings is 2. The van der Waals surface area contributed by atoms with Crippen LogP contribution in [0.3, 0.4) is 0 Å². The van der Waals surface area contributed by atoms with Crippen molar-refractivity contribution in [3.05, 3.63) is 92.1 Å². The van der Waals surface area contributed by atoms with Gasteiger partial charge >= 0.3 is 11.7 Å². The third-order valence-electron chi connectivity index (χ3n) is 6.18. The first kappa shape index (κ1) is 24.9. The average molecular weight is 493 g/mol. The highest BCUT2D eigenvalue weighted by Gasteiger charge is 2.46. The Morgan fingerprint density at radius 2 is 1.83 bits per heavy atom. The highest BCUT2D eigenvalue weighted by atomic mass is 16.6. The third-order valence-corrected chi connectivity index (χ3v) is 6.18.